The molecule has 3 unspecified atom stereocenters. The van der Waals surface area contributed by atoms with Crippen LogP contribution in [-0.4, -0.2) is 69.4 Å². The average molecular weight is 985 g/mol. The van der Waals surface area contributed by atoms with Crippen LogP contribution in [0, 0.1) is 0 Å². The molecule has 0 fully saturated rings. The molecule has 1 N–H and O–H groups in total. The first kappa shape index (κ1) is 66.2. The molecule has 0 heterocycles. The Morgan fingerprint density at radius 1 is 0.522 bits per heavy atom. The van der Waals surface area contributed by atoms with Gasteiger partial charge in [-0.05, 0) is 89.5 Å². The Labute approximate surface area is 425 Å². The summed E-state index contributed by atoms with van der Waals surface area (Å²) in [5.74, 6) is -0.660. The first-order valence-electron chi connectivity index (χ1n) is 27.9. The molecule has 1 amide bonds. The number of unbranched alkanes of at least 4 members (excludes halogenated alkanes) is 21. The van der Waals surface area contributed by atoms with E-state index in [4.69, 9.17) is 13.8 Å². The Hall–Kier alpha value is -2.81. The maximum Gasteiger partial charge on any atom is 0.306 e. The monoisotopic (exact) mass is 985 g/mol. The van der Waals surface area contributed by atoms with Gasteiger partial charge in [0.2, 0.25) is 5.91 Å². The molecule has 0 aliphatic rings. The van der Waals surface area contributed by atoms with Gasteiger partial charge in [-0.15, -0.1) is 0 Å². The maximum absolute atomic E-state index is 13.4. The van der Waals surface area contributed by atoms with Gasteiger partial charge in [-0.1, -0.05) is 209 Å². The number of quaternary nitrogens is 1. The third-order valence-electron chi connectivity index (χ3n) is 11.8. The highest BCUT2D eigenvalue weighted by Crippen LogP contribution is 2.38. The second kappa shape index (κ2) is 48.8. The summed E-state index contributed by atoms with van der Waals surface area (Å²) in [6.07, 6.45) is 62.8. The molecule has 0 saturated heterocycles. The van der Waals surface area contributed by atoms with E-state index in [2.05, 4.69) is 86.8 Å². The van der Waals surface area contributed by atoms with Crippen LogP contribution >= 0.6 is 7.82 Å². The average Bonchev–Trinajstić information content (AvgIpc) is 3.31. The van der Waals surface area contributed by atoms with Gasteiger partial charge in [-0.2, -0.15) is 0 Å². The number of carbonyl (C=O) groups is 2. The van der Waals surface area contributed by atoms with Crippen LogP contribution in [0.4, 0.5) is 0 Å². The van der Waals surface area contributed by atoms with E-state index >= 15 is 0 Å². The van der Waals surface area contributed by atoms with Gasteiger partial charge < -0.3 is 28.5 Å². The molecule has 0 saturated carbocycles. The molecule has 398 valence electrons. The van der Waals surface area contributed by atoms with Crippen molar-refractivity contribution in [3.8, 4) is 0 Å². The van der Waals surface area contributed by atoms with Gasteiger partial charge in [0.25, 0.3) is 7.82 Å². The van der Waals surface area contributed by atoms with E-state index in [0.29, 0.717) is 23.9 Å². The standard InChI is InChI=1S/C59H105N2O7P/c1-7-10-13-16-19-22-25-28-30-31-33-36-39-42-45-48-51-58(62)60-56(55-67-69(64,65)66-54-53-61(4,5)6)57(50-47-44-41-38-35-32-27-24-21-18-15-12-9-3)68-59(63)52-49-46-43-40-37-34-29-26-23-20-17-14-11-8-2/h10,13,19,22,28,30,33-34,36-37,42,45,47,50,56-57H,7-9,11-12,14-18,20-21,23-27,29,31-32,35,38-41,43-44,46,48-49,51-55H2,1-6H3,(H-,60,62,64,65)/b13-10+,22-19+,30-28+,36-33+,37-34-,45-42+,50-47+. The van der Waals surface area contributed by atoms with Crippen molar-refractivity contribution in [2.24, 2.45) is 0 Å². The summed E-state index contributed by atoms with van der Waals surface area (Å²) in [6, 6.07) is -0.936. The van der Waals surface area contributed by atoms with Crippen LogP contribution in [0.5, 0.6) is 0 Å². The first-order valence-corrected chi connectivity index (χ1v) is 29.4. The van der Waals surface area contributed by atoms with Crippen molar-refractivity contribution in [3.63, 3.8) is 0 Å². The molecule has 3 atom stereocenters. The fraction of sp³-hybridized carbons (Fsp3) is 0.729. The Morgan fingerprint density at radius 3 is 1.42 bits per heavy atom. The molecule has 0 aliphatic carbocycles. The van der Waals surface area contributed by atoms with E-state index in [0.717, 1.165) is 77.0 Å². The number of phosphoric ester groups is 1. The van der Waals surface area contributed by atoms with E-state index in [-0.39, 0.29) is 31.3 Å². The number of likely N-dealkylation sites (N-methyl/N-ethyl adjacent to an activating group) is 1. The van der Waals surface area contributed by atoms with Gasteiger partial charge in [0.05, 0.1) is 33.8 Å². The summed E-state index contributed by atoms with van der Waals surface area (Å²) in [5.41, 5.74) is 0. The summed E-state index contributed by atoms with van der Waals surface area (Å²) < 4.78 is 30.1. The van der Waals surface area contributed by atoms with Gasteiger partial charge in [0.1, 0.15) is 19.3 Å². The second-order valence-electron chi connectivity index (χ2n) is 19.7. The topological polar surface area (TPSA) is 114 Å². The number of amides is 1. The zero-order valence-electron chi connectivity index (χ0n) is 45.2. The van der Waals surface area contributed by atoms with E-state index in [1.54, 1.807) is 6.08 Å². The molecule has 0 bridgehead atoms. The Kier molecular flexibility index (Phi) is 46.8. The molecule has 10 heteroatoms. The van der Waals surface area contributed by atoms with Gasteiger partial charge in [-0.3, -0.25) is 14.2 Å². The molecule has 0 aromatic heterocycles. The van der Waals surface area contributed by atoms with Crippen molar-refractivity contribution < 1.29 is 37.3 Å². The minimum absolute atomic E-state index is 0.0409. The highest BCUT2D eigenvalue weighted by atomic mass is 31.2. The van der Waals surface area contributed by atoms with Crippen molar-refractivity contribution in [1.82, 2.24) is 5.32 Å². The summed E-state index contributed by atoms with van der Waals surface area (Å²) >= 11 is 0. The lowest BCUT2D eigenvalue weighted by Gasteiger charge is -2.30. The van der Waals surface area contributed by atoms with Gasteiger partial charge in [-0.25, -0.2) is 0 Å². The summed E-state index contributed by atoms with van der Waals surface area (Å²) in [5, 5.41) is 2.96. The number of hydrogen-bond donors (Lipinski definition) is 1. The third kappa shape index (κ3) is 49.9. The highest BCUT2D eigenvalue weighted by molar-refractivity contribution is 7.45. The lowest BCUT2D eigenvalue weighted by Crippen LogP contribution is -2.47. The largest absolute Gasteiger partial charge is 0.756 e. The highest BCUT2D eigenvalue weighted by Gasteiger charge is 2.27. The second-order valence-corrected chi connectivity index (χ2v) is 21.1. The van der Waals surface area contributed by atoms with Gasteiger partial charge >= 0.3 is 5.97 Å². The Morgan fingerprint density at radius 2 is 0.942 bits per heavy atom. The third-order valence-corrected chi connectivity index (χ3v) is 12.8. The fourth-order valence-electron chi connectivity index (χ4n) is 7.50. The van der Waals surface area contributed by atoms with E-state index in [9.17, 15) is 19.0 Å². The SMILES string of the molecule is CC/C=C/C/C=C/C/C=C/C/C=C/C/C=C/CCC(=O)NC(COP(=O)([O-])OCC[N+](C)(C)C)C(/C=C/CCCCCCCCCCCCC)OC(=O)CCCCC/C=C\CCCCCCCCC. The normalized spacial score (nSPS) is 14.5. The van der Waals surface area contributed by atoms with Crippen molar-refractivity contribution in [1.29, 1.82) is 0 Å². The van der Waals surface area contributed by atoms with Crippen molar-refractivity contribution >= 4 is 19.7 Å². The summed E-state index contributed by atoms with van der Waals surface area (Å²) in [7, 11) is 1.12. The smallest absolute Gasteiger partial charge is 0.306 e. The van der Waals surface area contributed by atoms with Crippen LogP contribution in [0.15, 0.2) is 85.1 Å². The number of allylic oxidation sites excluding steroid dienone is 13. The molecule has 69 heavy (non-hydrogen) atoms. The Balaban J connectivity index is 5.54. The molecule has 0 aliphatic heterocycles. The molecule has 0 rings (SSSR count). The number of nitrogens with one attached hydrogen (secondary N) is 1. The molecule has 0 radical (unpaired) electrons. The number of rotatable bonds is 49. The molecule has 9 nitrogen and oxygen atoms in total. The maximum atomic E-state index is 13.4. The predicted octanol–water partition coefficient (Wildman–Crippen LogP) is 16.0. The van der Waals surface area contributed by atoms with E-state index in [1.807, 2.05) is 39.4 Å². The van der Waals surface area contributed by atoms with Gasteiger partial charge in [0.15, 0.2) is 0 Å². The summed E-state index contributed by atoms with van der Waals surface area (Å²) in [4.78, 5) is 39.8. The van der Waals surface area contributed by atoms with Crippen LogP contribution in [0.3, 0.4) is 0 Å². The lowest BCUT2D eigenvalue weighted by molar-refractivity contribution is -0.870. The van der Waals surface area contributed by atoms with Crippen LogP contribution in [0.1, 0.15) is 226 Å². The van der Waals surface area contributed by atoms with Crippen LogP contribution in [-0.2, 0) is 27.9 Å². The molecular weight excluding hydrogens is 880 g/mol. The number of esters is 1. The zero-order chi connectivity index (χ0) is 50.8. The van der Waals surface area contributed by atoms with Gasteiger partial charge in [0, 0.05) is 12.8 Å². The first-order chi connectivity index (χ1) is 33.4. The number of carbonyl (C=O) groups excluding carboxylic acids is 2. The molecular formula is C59H105N2O7P. The number of ether oxygens (including phenoxy) is 1. The minimum Gasteiger partial charge on any atom is -0.756 e. The van der Waals surface area contributed by atoms with Crippen LogP contribution < -0.4 is 10.2 Å². The Bertz CT molecular complexity index is 1460. The molecule has 0 aromatic rings. The predicted molar refractivity (Wildman–Crippen MR) is 293 cm³/mol. The minimum atomic E-state index is -4.72. The lowest BCUT2D eigenvalue weighted by atomic mass is 10.0. The summed E-state index contributed by atoms with van der Waals surface area (Å²) in [6.45, 7) is 6.64. The fourth-order valence-corrected chi connectivity index (χ4v) is 8.23. The van der Waals surface area contributed by atoms with Crippen LogP contribution in [0.25, 0.3) is 0 Å². The van der Waals surface area contributed by atoms with E-state index in [1.165, 1.54) is 103 Å². The molecule has 0 aromatic carbocycles. The number of hydrogen-bond acceptors (Lipinski definition) is 7. The van der Waals surface area contributed by atoms with Crippen molar-refractivity contribution in [3.05, 3.63) is 85.1 Å². The number of nitrogens with zero attached hydrogens (tertiary/aromatic N) is 1. The molecule has 0 spiro atoms. The number of phosphoric acid groups is 1. The van der Waals surface area contributed by atoms with Crippen molar-refractivity contribution in [2.75, 3.05) is 40.9 Å². The zero-order valence-corrected chi connectivity index (χ0v) is 46.1. The van der Waals surface area contributed by atoms with Crippen molar-refractivity contribution in [2.45, 2.75) is 238 Å². The van der Waals surface area contributed by atoms with Crippen LogP contribution in [0.2, 0.25) is 0 Å². The quantitative estimate of drug-likeness (QED) is 0.0212. The van der Waals surface area contributed by atoms with E-state index < -0.39 is 26.6 Å².